The Bertz CT molecular complexity index is 957. The zero-order chi connectivity index (χ0) is 19.7. The summed E-state index contributed by atoms with van der Waals surface area (Å²) < 4.78 is 0.899. The Hall–Kier alpha value is -2.38. The Balaban J connectivity index is 1.55. The summed E-state index contributed by atoms with van der Waals surface area (Å²) >= 11 is 3.45. The van der Waals surface area contributed by atoms with Crippen LogP contribution in [-0.2, 0) is 4.79 Å². The number of nitrogens with zero attached hydrogens (tertiary/aromatic N) is 1. The van der Waals surface area contributed by atoms with Crippen molar-refractivity contribution in [3.05, 3.63) is 51.3 Å². The molecule has 0 radical (unpaired) electrons. The number of aromatic nitrogens is 1. The third-order valence-electron chi connectivity index (χ3n) is 5.19. The SMILES string of the molecule is Cc1cc(C(=O)NCCN2CCCC2)c(C=C2C(=O)Nc3ccc(Br)cc32)[nH]1. The molecule has 2 aliphatic rings. The van der Waals surface area contributed by atoms with Crippen molar-refractivity contribution in [2.45, 2.75) is 19.8 Å². The lowest BCUT2D eigenvalue weighted by Crippen LogP contribution is -2.33. The number of amides is 2. The van der Waals surface area contributed by atoms with E-state index in [4.69, 9.17) is 0 Å². The monoisotopic (exact) mass is 442 g/mol. The highest BCUT2D eigenvalue weighted by Crippen LogP contribution is 2.35. The quantitative estimate of drug-likeness (QED) is 0.620. The van der Waals surface area contributed by atoms with E-state index >= 15 is 0 Å². The molecular weight excluding hydrogens is 420 g/mol. The molecular formula is C21H23BrN4O2. The molecule has 2 amide bonds. The summed E-state index contributed by atoms with van der Waals surface area (Å²) in [6.07, 6.45) is 4.24. The first kappa shape index (κ1) is 19.0. The summed E-state index contributed by atoms with van der Waals surface area (Å²) in [6.45, 7) is 5.62. The Morgan fingerprint density at radius 1 is 1.29 bits per heavy atom. The van der Waals surface area contributed by atoms with Gasteiger partial charge in [0.2, 0.25) is 0 Å². The first-order valence-corrected chi connectivity index (χ1v) is 10.3. The maximum Gasteiger partial charge on any atom is 0.256 e. The van der Waals surface area contributed by atoms with Gasteiger partial charge < -0.3 is 20.5 Å². The molecule has 1 fully saturated rings. The second-order valence-electron chi connectivity index (χ2n) is 7.29. The highest BCUT2D eigenvalue weighted by atomic mass is 79.9. The molecule has 7 heteroatoms. The van der Waals surface area contributed by atoms with Gasteiger partial charge in [0.05, 0.1) is 16.8 Å². The fraction of sp³-hybridized carbons (Fsp3) is 0.333. The first-order valence-electron chi connectivity index (χ1n) is 9.54. The largest absolute Gasteiger partial charge is 0.358 e. The van der Waals surface area contributed by atoms with Gasteiger partial charge in [0.1, 0.15) is 0 Å². The number of aryl methyl sites for hydroxylation is 1. The molecule has 0 spiro atoms. The van der Waals surface area contributed by atoms with Crippen LogP contribution < -0.4 is 10.6 Å². The number of fused-ring (bicyclic) bond motifs is 1. The molecule has 0 atom stereocenters. The van der Waals surface area contributed by atoms with Crippen LogP contribution in [0.25, 0.3) is 11.6 Å². The number of carbonyl (C=O) groups excluding carboxylic acids is 2. The predicted octanol–water partition coefficient (Wildman–Crippen LogP) is 3.40. The molecule has 0 saturated carbocycles. The van der Waals surface area contributed by atoms with E-state index in [1.807, 2.05) is 31.2 Å². The zero-order valence-electron chi connectivity index (χ0n) is 15.8. The van der Waals surface area contributed by atoms with E-state index in [9.17, 15) is 9.59 Å². The standard InChI is InChI=1S/C21H23BrN4O2/c1-13-10-17(20(27)23-6-9-26-7-2-3-8-26)19(24-13)12-16-15-11-14(22)4-5-18(15)25-21(16)28/h4-5,10-12,24H,2-3,6-9H2,1H3,(H,23,27)(H,25,28). The normalized spacial score (nSPS) is 17.8. The van der Waals surface area contributed by atoms with Crippen LogP contribution in [0.3, 0.4) is 0 Å². The van der Waals surface area contributed by atoms with E-state index in [1.165, 1.54) is 12.8 Å². The van der Waals surface area contributed by atoms with Crippen LogP contribution in [0.2, 0.25) is 0 Å². The van der Waals surface area contributed by atoms with Gasteiger partial charge in [0, 0.05) is 34.5 Å². The maximum atomic E-state index is 12.7. The van der Waals surface area contributed by atoms with Crippen LogP contribution >= 0.6 is 15.9 Å². The number of likely N-dealkylation sites (tertiary alicyclic amines) is 1. The minimum absolute atomic E-state index is 0.122. The average molecular weight is 443 g/mol. The second kappa shape index (κ2) is 7.93. The Morgan fingerprint density at radius 2 is 2.07 bits per heavy atom. The van der Waals surface area contributed by atoms with Crippen molar-refractivity contribution in [3.8, 4) is 0 Å². The third-order valence-corrected chi connectivity index (χ3v) is 5.69. The van der Waals surface area contributed by atoms with Crippen molar-refractivity contribution in [2.24, 2.45) is 0 Å². The number of hydrogen-bond acceptors (Lipinski definition) is 3. The molecule has 3 N–H and O–H groups in total. The van der Waals surface area contributed by atoms with Gasteiger partial charge in [0.15, 0.2) is 0 Å². The summed E-state index contributed by atoms with van der Waals surface area (Å²) in [5, 5.41) is 5.87. The van der Waals surface area contributed by atoms with Gasteiger partial charge in [0.25, 0.3) is 11.8 Å². The summed E-state index contributed by atoms with van der Waals surface area (Å²) in [4.78, 5) is 30.7. The van der Waals surface area contributed by atoms with Crippen LogP contribution in [0.1, 0.15) is 40.2 Å². The zero-order valence-corrected chi connectivity index (χ0v) is 17.4. The molecule has 146 valence electrons. The number of anilines is 1. The van der Waals surface area contributed by atoms with Crippen molar-refractivity contribution >= 4 is 45.1 Å². The molecule has 0 bridgehead atoms. The number of benzene rings is 1. The summed E-state index contributed by atoms with van der Waals surface area (Å²) in [7, 11) is 0. The van der Waals surface area contributed by atoms with Crippen LogP contribution in [0, 0.1) is 6.92 Å². The molecule has 1 aromatic heterocycles. The van der Waals surface area contributed by atoms with E-state index < -0.39 is 0 Å². The summed E-state index contributed by atoms with van der Waals surface area (Å²) in [6, 6.07) is 7.49. The van der Waals surface area contributed by atoms with Crippen molar-refractivity contribution in [3.63, 3.8) is 0 Å². The summed E-state index contributed by atoms with van der Waals surface area (Å²) in [5.74, 6) is -0.288. The molecule has 1 aromatic carbocycles. The minimum atomic E-state index is -0.166. The van der Waals surface area contributed by atoms with Gasteiger partial charge in [-0.3, -0.25) is 9.59 Å². The molecule has 2 aliphatic heterocycles. The van der Waals surface area contributed by atoms with Crippen LogP contribution in [0.5, 0.6) is 0 Å². The molecule has 3 heterocycles. The highest BCUT2D eigenvalue weighted by Gasteiger charge is 2.25. The predicted molar refractivity (Wildman–Crippen MR) is 114 cm³/mol. The topological polar surface area (TPSA) is 77.2 Å². The van der Waals surface area contributed by atoms with Crippen molar-refractivity contribution in [1.29, 1.82) is 0 Å². The fourth-order valence-electron chi connectivity index (χ4n) is 3.79. The molecule has 0 unspecified atom stereocenters. The molecule has 28 heavy (non-hydrogen) atoms. The second-order valence-corrected chi connectivity index (χ2v) is 8.20. The van der Waals surface area contributed by atoms with E-state index in [1.54, 1.807) is 6.08 Å². The Morgan fingerprint density at radius 3 is 2.86 bits per heavy atom. The number of aromatic amines is 1. The molecule has 0 aliphatic carbocycles. The van der Waals surface area contributed by atoms with Crippen LogP contribution in [0.4, 0.5) is 5.69 Å². The number of hydrogen-bond donors (Lipinski definition) is 3. The minimum Gasteiger partial charge on any atom is -0.358 e. The number of carbonyl (C=O) groups is 2. The van der Waals surface area contributed by atoms with Gasteiger partial charge in [-0.2, -0.15) is 0 Å². The molecule has 1 saturated heterocycles. The molecule has 6 nitrogen and oxygen atoms in total. The lowest BCUT2D eigenvalue weighted by molar-refractivity contribution is -0.110. The number of H-pyrrole nitrogens is 1. The third kappa shape index (κ3) is 3.91. The molecule has 2 aromatic rings. The maximum absolute atomic E-state index is 12.7. The van der Waals surface area contributed by atoms with Crippen LogP contribution in [0.15, 0.2) is 28.7 Å². The van der Waals surface area contributed by atoms with E-state index in [-0.39, 0.29) is 11.8 Å². The van der Waals surface area contributed by atoms with Gasteiger partial charge >= 0.3 is 0 Å². The Labute approximate surface area is 172 Å². The lowest BCUT2D eigenvalue weighted by atomic mass is 10.0. The van der Waals surface area contributed by atoms with Gasteiger partial charge in [-0.05, 0) is 63.2 Å². The van der Waals surface area contributed by atoms with Crippen molar-refractivity contribution in [1.82, 2.24) is 15.2 Å². The molecule has 4 rings (SSSR count). The highest BCUT2D eigenvalue weighted by molar-refractivity contribution is 9.10. The van der Waals surface area contributed by atoms with Gasteiger partial charge in [-0.25, -0.2) is 0 Å². The summed E-state index contributed by atoms with van der Waals surface area (Å²) in [5.41, 5.74) is 4.23. The first-order chi connectivity index (χ1) is 13.5. The van der Waals surface area contributed by atoms with Crippen LogP contribution in [-0.4, -0.2) is 47.9 Å². The van der Waals surface area contributed by atoms with Crippen molar-refractivity contribution < 1.29 is 9.59 Å². The average Bonchev–Trinajstić information content (AvgIpc) is 3.36. The van der Waals surface area contributed by atoms with Crippen molar-refractivity contribution in [2.75, 3.05) is 31.5 Å². The number of halogens is 1. The van der Waals surface area contributed by atoms with E-state index in [2.05, 4.69) is 36.4 Å². The fourth-order valence-corrected chi connectivity index (χ4v) is 4.15. The van der Waals surface area contributed by atoms with Gasteiger partial charge in [-0.1, -0.05) is 15.9 Å². The van der Waals surface area contributed by atoms with E-state index in [0.717, 1.165) is 41.1 Å². The lowest BCUT2D eigenvalue weighted by Gasteiger charge is -2.14. The smallest absolute Gasteiger partial charge is 0.256 e. The van der Waals surface area contributed by atoms with Gasteiger partial charge in [-0.15, -0.1) is 0 Å². The Kier molecular flexibility index (Phi) is 5.37. The number of nitrogens with one attached hydrogen (secondary N) is 3. The number of rotatable bonds is 5. The van der Waals surface area contributed by atoms with E-state index in [0.29, 0.717) is 23.4 Å².